The van der Waals surface area contributed by atoms with Crippen LogP contribution in [0.5, 0.6) is 0 Å². The van der Waals surface area contributed by atoms with Gasteiger partial charge in [-0.3, -0.25) is 10.1 Å². The molecule has 0 amide bonds. The molecule has 1 aromatic rings. The van der Waals surface area contributed by atoms with Crippen LogP contribution in [0.3, 0.4) is 0 Å². The number of anilines is 1. The number of nitrogens with zero attached hydrogens (tertiary/aromatic N) is 1. The van der Waals surface area contributed by atoms with Crippen molar-refractivity contribution in [1.82, 2.24) is 0 Å². The maximum atomic E-state index is 12.4. The third-order valence-corrected chi connectivity index (χ3v) is 2.52. The smallest absolute Gasteiger partial charge is 0.391 e. The van der Waals surface area contributed by atoms with Crippen molar-refractivity contribution in [2.45, 2.75) is 25.6 Å². The van der Waals surface area contributed by atoms with E-state index in [1.54, 1.807) is 6.92 Å². The summed E-state index contributed by atoms with van der Waals surface area (Å²) in [5.74, 6) is 0. The van der Waals surface area contributed by atoms with Crippen LogP contribution in [-0.4, -0.2) is 22.7 Å². The van der Waals surface area contributed by atoms with Crippen LogP contribution in [0.25, 0.3) is 0 Å². The first-order valence-electron chi connectivity index (χ1n) is 5.53. The number of benzene rings is 1. The van der Waals surface area contributed by atoms with Gasteiger partial charge in [0.1, 0.15) is 5.69 Å². The second-order valence-electron chi connectivity index (χ2n) is 3.93. The standard InChI is InChI=1S/C11H13F3N2O3/c1-2-8(17)6-15-9-4-3-7(11(12,13)14)5-10(9)16(18)19/h3-5,8,15,17H,2,6H2,1H3. The van der Waals surface area contributed by atoms with Gasteiger partial charge in [0.05, 0.1) is 16.6 Å². The van der Waals surface area contributed by atoms with E-state index < -0.39 is 28.5 Å². The van der Waals surface area contributed by atoms with Crippen LogP contribution in [0.1, 0.15) is 18.9 Å². The van der Waals surface area contributed by atoms with E-state index in [1.165, 1.54) is 0 Å². The highest BCUT2D eigenvalue weighted by Gasteiger charge is 2.33. The summed E-state index contributed by atoms with van der Waals surface area (Å²) in [5.41, 5.74) is -1.80. The number of alkyl halides is 3. The molecule has 2 N–H and O–H groups in total. The average molecular weight is 278 g/mol. The lowest BCUT2D eigenvalue weighted by Crippen LogP contribution is -2.19. The molecule has 0 saturated heterocycles. The van der Waals surface area contributed by atoms with Gasteiger partial charge in [-0.05, 0) is 18.6 Å². The van der Waals surface area contributed by atoms with E-state index in [1.807, 2.05) is 0 Å². The van der Waals surface area contributed by atoms with Gasteiger partial charge in [-0.2, -0.15) is 13.2 Å². The second-order valence-corrected chi connectivity index (χ2v) is 3.93. The molecule has 0 spiro atoms. The third kappa shape index (κ3) is 4.09. The molecular weight excluding hydrogens is 265 g/mol. The highest BCUT2D eigenvalue weighted by atomic mass is 19.4. The Kier molecular flexibility index (Phi) is 4.71. The Morgan fingerprint density at radius 2 is 2.11 bits per heavy atom. The fraction of sp³-hybridized carbons (Fsp3) is 0.455. The fourth-order valence-corrected chi connectivity index (χ4v) is 1.38. The van der Waals surface area contributed by atoms with Crippen molar-refractivity contribution >= 4 is 11.4 Å². The number of nitro benzene ring substituents is 1. The van der Waals surface area contributed by atoms with Gasteiger partial charge >= 0.3 is 6.18 Å². The molecule has 0 bridgehead atoms. The summed E-state index contributed by atoms with van der Waals surface area (Å²) in [6, 6.07) is 2.22. The first kappa shape index (κ1) is 15.2. The van der Waals surface area contributed by atoms with Crippen molar-refractivity contribution in [3.8, 4) is 0 Å². The van der Waals surface area contributed by atoms with E-state index in [0.717, 1.165) is 12.1 Å². The van der Waals surface area contributed by atoms with Gasteiger partial charge < -0.3 is 10.4 Å². The Morgan fingerprint density at radius 1 is 1.47 bits per heavy atom. The van der Waals surface area contributed by atoms with E-state index >= 15 is 0 Å². The lowest BCUT2D eigenvalue weighted by molar-refractivity contribution is -0.384. The van der Waals surface area contributed by atoms with Gasteiger partial charge in [0.2, 0.25) is 0 Å². The highest BCUT2D eigenvalue weighted by molar-refractivity contribution is 5.63. The molecule has 19 heavy (non-hydrogen) atoms. The SMILES string of the molecule is CCC(O)CNc1ccc(C(F)(F)F)cc1[N+](=O)[O-]. The lowest BCUT2D eigenvalue weighted by Gasteiger charge is -2.12. The number of aliphatic hydroxyl groups excluding tert-OH is 1. The Bertz CT molecular complexity index is 463. The molecule has 5 nitrogen and oxygen atoms in total. The Morgan fingerprint density at radius 3 is 2.58 bits per heavy atom. The van der Waals surface area contributed by atoms with Crippen LogP contribution in [0.4, 0.5) is 24.5 Å². The Hall–Kier alpha value is -1.83. The summed E-state index contributed by atoms with van der Waals surface area (Å²) in [4.78, 5) is 9.86. The summed E-state index contributed by atoms with van der Waals surface area (Å²) in [6.45, 7) is 1.75. The highest BCUT2D eigenvalue weighted by Crippen LogP contribution is 2.34. The summed E-state index contributed by atoms with van der Waals surface area (Å²) < 4.78 is 37.3. The van der Waals surface area contributed by atoms with Crippen LogP contribution in [0.2, 0.25) is 0 Å². The maximum absolute atomic E-state index is 12.4. The Labute approximate surface area is 107 Å². The van der Waals surface area contributed by atoms with E-state index in [2.05, 4.69) is 5.32 Å². The summed E-state index contributed by atoms with van der Waals surface area (Å²) in [6.07, 6.45) is -4.92. The summed E-state index contributed by atoms with van der Waals surface area (Å²) in [7, 11) is 0. The van der Waals surface area contributed by atoms with Crippen LogP contribution in [-0.2, 0) is 6.18 Å². The molecule has 0 aromatic heterocycles. The van der Waals surface area contributed by atoms with E-state index in [9.17, 15) is 28.4 Å². The number of hydrogen-bond acceptors (Lipinski definition) is 4. The molecule has 1 atom stereocenters. The minimum Gasteiger partial charge on any atom is -0.391 e. The van der Waals surface area contributed by atoms with Gasteiger partial charge in [-0.1, -0.05) is 6.92 Å². The molecular formula is C11H13F3N2O3. The zero-order valence-electron chi connectivity index (χ0n) is 10.1. The number of aliphatic hydroxyl groups is 1. The monoisotopic (exact) mass is 278 g/mol. The first-order chi connectivity index (χ1) is 8.75. The lowest BCUT2D eigenvalue weighted by atomic mass is 10.1. The van der Waals surface area contributed by atoms with Crippen molar-refractivity contribution in [1.29, 1.82) is 0 Å². The number of halogens is 3. The predicted molar refractivity (Wildman–Crippen MR) is 62.9 cm³/mol. The molecule has 0 aliphatic rings. The average Bonchev–Trinajstić information content (AvgIpc) is 2.34. The minimum absolute atomic E-state index is 0.0305. The van der Waals surface area contributed by atoms with Crippen LogP contribution in [0.15, 0.2) is 18.2 Å². The molecule has 1 aromatic carbocycles. The largest absolute Gasteiger partial charge is 0.416 e. The normalized spacial score (nSPS) is 13.1. The molecule has 0 saturated carbocycles. The molecule has 106 valence electrons. The molecule has 0 aliphatic heterocycles. The number of nitro groups is 1. The van der Waals surface area contributed by atoms with Gasteiger partial charge in [0, 0.05) is 12.6 Å². The van der Waals surface area contributed by atoms with Crippen LogP contribution < -0.4 is 5.32 Å². The van der Waals surface area contributed by atoms with E-state index in [-0.39, 0.29) is 12.2 Å². The van der Waals surface area contributed by atoms with Crippen molar-refractivity contribution in [2.24, 2.45) is 0 Å². The first-order valence-corrected chi connectivity index (χ1v) is 5.53. The molecule has 8 heteroatoms. The zero-order valence-corrected chi connectivity index (χ0v) is 10.1. The van der Waals surface area contributed by atoms with Gasteiger partial charge in [0.25, 0.3) is 5.69 Å². The maximum Gasteiger partial charge on any atom is 0.416 e. The van der Waals surface area contributed by atoms with Gasteiger partial charge in [-0.15, -0.1) is 0 Å². The van der Waals surface area contributed by atoms with Crippen molar-refractivity contribution in [3.63, 3.8) is 0 Å². The summed E-state index contributed by atoms with van der Waals surface area (Å²) in [5, 5.41) is 22.6. The molecule has 1 rings (SSSR count). The van der Waals surface area contributed by atoms with Crippen molar-refractivity contribution in [2.75, 3.05) is 11.9 Å². The predicted octanol–water partition coefficient (Wildman–Crippen LogP) is 2.80. The molecule has 0 fully saturated rings. The number of hydrogen-bond donors (Lipinski definition) is 2. The molecule has 0 heterocycles. The van der Waals surface area contributed by atoms with E-state index in [0.29, 0.717) is 12.5 Å². The van der Waals surface area contributed by atoms with Crippen molar-refractivity contribution < 1.29 is 23.2 Å². The molecule has 0 radical (unpaired) electrons. The zero-order chi connectivity index (χ0) is 14.6. The molecule has 1 unspecified atom stereocenters. The van der Waals surface area contributed by atoms with Gasteiger partial charge in [-0.25, -0.2) is 0 Å². The number of nitrogens with one attached hydrogen (secondary N) is 1. The van der Waals surface area contributed by atoms with Crippen LogP contribution in [0, 0.1) is 10.1 Å². The Balaban J connectivity index is 3.02. The van der Waals surface area contributed by atoms with E-state index in [4.69, 9.17) is 0 Å². The summed E-state index contributed by atoms with van der Waals surface area (Å²) >= 11 is 0. The fourth-order valence-electron chi connectivity index (χ4n) is 1.38. The quantitative estimate of drug-likeness (QED) is 0.641. The third-order valence-electron chi connectivity index (χ3n) is 2.52. The minimum atomic E-state index is -4.63. The van der Waals surface area contributed by atoms with Crippen LogP contribution >= 0.6 is 0 Å². The molecule has 0 aliphatic carbocycles. The number of rotatable bonds is 5. The topological polar surface area (TPSA) is 75.4 Å². The second kappa shape index (κ2) is 5.87. The van der Waals surface area contributed by atoms with Gasteiger partial charge in [0.15, 0.2) is 0 Å². The van der Waals surface area contributed by atoms with Crippen molar-refractivity contribution in [3.05, 3.63) is 33.9 Å².